The van der Waals surface area contributed by atoms with Gasteiger partial charge in [-0.05, 0) is 101 Å². The molecule has 0 radical (unpaired) electrons. The lowest BCUT2D eigenvalue weighted by Gasteiger charge is -2.30. The van der Waals surface area contributed by atoms with Crippen LogP contribution in [0.4, 0.5) is 17.1 Å². The Hall–Kier alpha value is -5.92. The van der Waals surface area contributed by atoms with Gasteiger partial charge in [-0.25, -0.2) is 0 Å². The molecule has 0 N–H and O–H groups in total. The van der Waals surface area contributed by atoms with Crippen LogP contribution >= 0.6 is 0 Å². The van der Waals surface area contributed by atoms with Gasteiger partial charge >= 0.3 is 0 Å². The Morgan fingerprint density at radius 2 is 0.979 bits per heavy atom. The highest BCUT2D eigenvalue weighted by Gasteiger charge is 2.35. The van der Waals surface area contributed by atoms with Gasteiger partial charge in [0, 0.05) is 22.2 Å². The number of hydrogen-bond donors (Lipinski definition) is 0. The first-order chi connectivity index (χ1) is 23.6. The fraction of sp³-hybridized carbons (Fsp3) is 0.0638. The Labute approximate surface area is 280 Å². The van der Waals surface area contributed by atoms with Crippen molar-refractivity contribution in [2.75, 3.05) is 4.90 Å². The van der Waals surface area contributed by atoms with E-state index in [0.29, 0.717) is 0 Å². The summed E-state index contributed by atoms with van der Waals surface area (Å²) in [5.41, 5.74) is 11.3. The molecule has 0 unspecified atom stereocenters. The van der Waals surface area contributed by atoms with E-state index in [4.69, 9.17) is 0 Å². The van der Waals surface area contributed by atoms with E-state index in [1.807, 2.05) is 0 Å². The van der Waals surface area contributed by atoms with Crippen molar-refractivity contribution in [3.8, 4) is 22.3 Å². The summed E-state index contributed by atoms with van der Waals surface area (Å²) in [5.74, 6) is 0. The van der Waals surface area contributed by atoms with E-state index >= 15 is 0 Å². The first-order valence-corrected chi connectivity index (χ1v) is 16.9. The Morgan fingerprint density at radius 3 is 1.75 bits per heavy atom. The maximum absolute atomic E-state index is 2.47. The monoisotopic (exact) mass is 611 g/mol. The normalized spacial score (nSPS) is 13.4. The molecule has 226 valence electrons. The van der Waals surface area contributed by atoms with E-state index in [2.05, 4.69) is 183 Å². The summed E-state index contributed by atoms with van der Waals surface area (Å²) in [6, 6.07) is 60.7. The fourth-order valence-corrected chi connectivity index (χ4v) is 8.52. The number of benzene rings is 9. The fourth-order valence-electron chi connectivity index (χ4n) is 8.52. The molecule has 0 atom stereocenters. The van der Waals surface area contributed by atoms with E-state index in [0.717, 1.165) is 5.69 Å². The smallest absolute Gasteiger partial charge is 0.0540 e. The molecule has 0 heterocycles. The Kier molecular flexibility index (Phi) is 5.69. The molecule has 10 rings (SSSR count). The van der Waals surface area contributed by atoms with Gasteiger partial charge in [-0.3, -0.25) is 0 Å². The number of anilines is 3. The Morgan fingerprint density at radius 1 is 0.396 bits per heavy atom. The summed E-state index contributed by atoms with van der Waals surface area (Å²) in [6.45, 7) is 4.72. The number of nitrogens with zero attached hydrogens (tertiary/aromatic N) is 1. The zero-order valence-electron chi connectivity index (χ0n) is 27.0. The van der Waals surface area contributed by atoms with Crippen LogP contribution in [0, 0.1) is 0 Å². The lowest BCUT2D eigenvalue weighted by molar-refractivity contribution is 0.660. The molecule has 0 bridgehead atoms. The van der Waals surface area contributed by atoms with E-state index in [1.54, 1.807) is 0 Å². The molecule has 0 aromatic heterocycles. The minimum atomic E-state index is -0.0902. The zero-order chi connectivity index (χ0) is 32.0. The largest absolute Gasteiger partial charge is 0.310 e. The second kappa shape index (κ2) is 10.0. The average Bonchev–Trinajstić information content (AvgIpc) is 3.37. The van der Waals surface area contributed by atoms with Crippen LogP contribution in [0.15, 0.2) is 164 Å². The number of fused-ring (bicyclic) bond motifs is 5. The van der Waals surface area contributed by atoms with Crippen LogP contribution in [0.25, 0.3) is 65.3 Å². The van der Waals surface area contributed by atoms with Gasteiger partial charge in [-0.2, -0.15) is 0 Å². The highest BCUT2D eigenvalue weighted by Crippen LogP contribution is 2.52. The van der Waals surface area contributed by atoms with Gasteiger partial charge < -0.3 is 4.90 Å². The summed E-state index contributed by atoms with van der Waals surface area (Å²) < 4.78 is 0. The number of rotatable bonds is 4. The third kappa shape index (κ3) is 3.79. The number of hydrogen-bond acceptors (Lipinski definition) is 1. The van der Waals surface area contributed by atoms with Crippen molar-refractivity contribution in [1.82, 2.24) is 0 Å². The maximum Gasteiger partial charge on any atom is 0.0540 e. The van der Waals surface area contributed by atoms with Gasteiger partial charge in [-0.1, -0.05) is 147 Å². The summed E-state index contributed by atoms with van der Waals surface area (Å²) in [4.78, 5) is 2.47. The lowest BCUT2D eigenvalue weighted by Crippen LogP contribution is -2.16. The van der Waals surface area contributed by atoms with Crippen LogP contribution < -0.4 is 4.90 Å². The molecule has 9 aromatic carbocycles. The van der Waals surface area contributed by atoms with Gasteiger partial charge in [0.1, 0.15) is 0 Å². The van der Waals surface area contributed by atoms with Gasteiger partial charge in [-0.15, -0.1) is 0 Å². The van der Waals surface area contributed by atoms with Gasteiger partial charge in [0.2, 0.25) is 0 Å². The molecule has 1 aliphatic carbocycles. The van der Waals surface area contributed by atoms with Crippen LogP contribution in [0.2, 0.25) is 0 Å². The predicted octanol–water partition coefficient (Wildman–Crippen LogP) is 13.2. The summed E-state index contributed by atoms with van der Waals surface area (Å²) in [6.07, 6.45) is 0. The lowest BCUT2D eigenvalue weighted by atomic mass is 9.82. The second-order valence-electron chi connectivity index (χ2n) is 13.7. The molecular formula is C47H33N. The van der Waals surface area contributed by atoms with Crippen molar-refractivity contribution in [3.05, 3.63) is 175 Å². The summed E-state index contributed by atoms with van der Waals surface area (Å²) in [7, 11) is 0. The van der Waals surface area contributed by atoms with Crippen LogP contribution in [0.1, 0.15) is 25.0 Å². The van der Waals surface area contributed by atoms with Crippen LogP contribution in [0.3, 0.4) is 0 Å². The molecule has 0 amide bonds. The molecule has 0 aliphatic heterocycles. The van der Waals surface area contributed by atoms with Crippen molar-refractivity contribution in [2.24, 2.45) is 0 Å². The van der Waals surface area contributed by atoms with Gasteiger partial charge in [0.15, 0.2) is 0 Å². The van der Waals surface area contributed by atoms with E-state index in [1.165, 1.54) is 87.8 Å². The SMILES string of the molecule is CC1(C)c2ccccc2-c2ccc(N(c3ccc(-c4ccccc4)cc3)c3ccc4c5cccc6cccc(c7cccc3c74)c65)cc21. The quantitative estimate of drug-likeness (QED) is 0.141. The van der Waals surface area contributed by atoms with Crippen molar-refractivity contribution in [2.45, 2.75) is 19.3 Å². The molecule has 48 heavy (non-hydrogen) atoms. The molecule has 1 nitrogen and oxygen atoms in total. The minimum absolute atomic E-state index is 0.0902. The first-order valence-electron chi connectivity index (χ1n) is 16.9. The second-order valence-corrected chi connectivity index (χ2v) is 13.7. The van der Waals surface area contributed by atoms with Gasteiger partial charge in [0.25, 0.3) is 0 Å². The average molecular weight is 612 g/mol. The first kappa shape index (κ1) is 27.2. The third-order valence-electron chi connectivity index (χ3n) is 10.8. The van der Waals surface area contributed by atoms with Crippen molar-refractivity contribution in [1.29, 1.82) is 0 Å². The standard InChI is InChI=1S/C47H33N/c1-47(2)42-20-7-6-15-35(42)36-26-25-34(29-43(36)47)48(33-23-21-31(22-24-33)30-11-4-3-5-12-30)44-28-27-40-38-17-9-14-32-13-8-16-37(45(32)38)39-18-10-19-41(44)46(39)40/h3-29H,1-2H3. The summed E-state index contributed by atoms with van der Waals surface area (Å²) in [5, 5.41) is 10.5. The van der Waals surface area contributed by atoms with Crippen LogP contribution in [-0.4, -0.2) is 0 Å². The molecule has 1 aliphatic rings. The molecule has 1 heteroatoms. The van der Waals surface area contributed by atoms with Crippen molar-refractivity contribution < 1.29 is 0 Å². The molecule has 0 saturated carbocycles. The molecule has 0 saturated heterocycles. The van der Waals surface area contributed by atoms with E-state index < -0.39 is 0 Å². The van der Waals surface area contributed by atoms with Crippen molar-refractivity contribution >= 4 is 60.2 Å². The molecule has 0 fully saturated rings. The maximum atomic E-state index is 2.47. The Bertz CT molecular complexity index is 2630. The van der Waals surface area contributed by atoms with Crippen LogP contribution in [-0.2, 0) is 5.41 Å². The van der Waals surface area contributed by atoms with Crippen LogP contribution in [0.5, 0.6) is 0 Å². The Balaban J connectivity index is 1.24. The van der Waals surface area contributed by atoms with Crippen molar-refractivity contribution in [3.63, 3.8) is 0 Å². The molecular weight excluding hydrogens is 579 g/mol. The predicted molar refractivity (Wildman–Crippen MR) is 205 cm³/mol. The van der Waals surface area contributed by atoms with Gasteiger partial charge in [0.05, 0.1) is 5.69 Å². The third-order valence-corrected chi connectivity index (χ3v) is 10.8. The topological polar surface area (TPSA) is 3.24 Å². The highest BCUT2D eigenvalue weighted by atomic mass is 15.1. The molecule has 0 spiro atoms. The minimum Gasteiger partial charge on any atom is -0.310 e. The van der Waals surface area contributed by atoms with E-state index in [-0.39, 0.29) is 5.41 Å². The van der Waals surface area contributed by atoms with E-state index in [9.17, 15) is 0 Å². The highest BCUT2D eigenvalue weighted by molar-refractivity contribution is 6.34. The summed E-state index contributed by atoms with van der Waals surface area (Å²) >= 11 is 0. The zero-order valence-corrected chi connectivity index (χ0v) is 27.0. The molecule has 9 aromatic rings.